The monoisotopic (exact) mass is 334 g/mol. The molecule has 0 aliphatic rings. The predicted octanol–water partition coefficient (Wildman–Crippen LogP) is 3.37. The highest BCUT2D eigenvalue weighted by atomic mass is 19.4. The van der Waals surface area contributed by atoms with Gasteiger partial charge in [-0.05, 0) is 12.1 Å². The fourth-order valence-corrected chi connectivity index (χ4v) is 1.58. The van der Waals surface area contributed by atoms with Crippen LogP contribution in [0.2, 0.25) is 0 Å². The minimum atomic E-state index is -6.72. The number of carbonyl (C=O) groups is 2. The molecule has 0 aliphatic carbocycles. The van der Waals surface area contributed by atoms with Gasteiger partial charge in [-0.1, -0.05) is 6.07 Å². The summed E-state index contributed by atoms with van der Waals surface area (Å²) >= 11 is 0. The molecule has 1 rings (SSSR count). The molecule has 122 valence electrons. The van der Waals surface area contributed by atoms with Crippen molar-refractivity contribution >= 4 is 11.9 Å². The third kappa shape index (κ3) is 2.57. The van der Waals surface area contributed by atoms with Crippen molar-refractivity contribution in [2.24, 2.45) is 0 Å². The van der Waals surface area contributed by atoms with Crippen molar-refractivity contribution in [3.8, 4) is 0 Å². The Hall–Kier alpha value is -2.33. The van der Waals surface area contributed by atoms with Gasteiger partial charge in [0.05, 0.1) is 16.7 Å². The normalized spacial score (nSPS) is 13.0. The van der Waals surface area contributed by atoms with Crippen molar-refractivity contribution in [2.45, 2.75) is 18.0 Å². The van der Waals surface area contributed by atoms with Crippen LogP contribution in [0.3, 0.4) is 0 Å². The average molecular weight is 334 g/mol. The zero-order valence-corrected chi connectivity index (χ0v) is 10.1. The van der Waals surface area contributed by atoms with E-state index in [1.54, 1.807) is 0 Å². The van der Waals surface area contributed by atoms with Crippen LogP contribution in [0.1, 0.15) is 26.3 Å². The van der Waals surface area contributed by atoms with Gasteiger partial charge in [-0.25, -0.2) is 9.59 Å². The van der Waals surface area contributed by atoms with Crippen LogP contribution >= 0.6 is 0 Å². The van der Waals surface area contributed by atoms with E-state index in [1.807, 2.05) is 0 Å². The van der Waals surface area contributed by atoms with E-state index in [4.69, 9.17) is 10.2 Å². The van der Waals surface area contributed by atoms with Gasteiger partial charge in [0.2, 0.25) is 0 Å². The number of benzene rings is 1. The van der Waals surface area contributed by atoms with E-state index in [2.05, 4.69) is 0 Å². The summed E-state index contributed by atoms with van der Waals surface area (Å²) in [5, 5.41) is 17.3. The second kappa shape index (κ2) is 5.14. The molecule has 0 heterocycles. The number of rotatable bonds is 4. The van der Waals surface area contributed by atoms with Gasteiger partial charge in [0, 0.05) is 0 Å². The van der Waals surface area contributed by atoms with Crippen LogP contribution in [0.5, 0.6) is 0 Å². The van der Waals surface area contributed by atoms with Crippen molar-refractivity contribution in [2.75, 3.05) is 0 Å². The maximum atomic E-state index is 13.7. The molecule has 0 aliphatic heterocycles. The standard InChI is InChI=1S/C11H5F7O4/c12-9(13,10(14,15)11(16,17)18)6-4(7(19)20)2-1-3-5(6)8(21)22/h1-3H,(H,19,20)(H,21,22). The molecular weight excluding hydrogens is 329 g/mol. The molecule has 11 heteroatoms. The number of aromatic carboxylic acids is 2. The van der Waals surface area contributed by atoms with Gasteiger partial charge < -0.3 is 10.2 Å². The van der Waals surface area contributed by atoms with Gasteiger partial charge >= 0.3 is 30.0 Å². The Balaban J connectivity index is 3.80. The Morgan fingerprint density at radius 2 is 1.18 bits per heavy atom. The van der Waals surface area contributed by atoms with E-state index in [0.29, 0.717) is 18.2 Å². The number of hydrogen-bond acceptors (Lipinski definition) is 2. The lowest BCUT2D eigenvalue weighted by molar-refractivity contribution is -0.359. The van der Waals surface area contributed by atoms with Crippen LogP contribution in [0.15, 0.2) is 18.2 Å². The third-order valence-electron chi connectivity index (χ3n) is 2.59. The number of alkyl halides is 7. The van der Waals surface area contributed by atoms with Crippen molar-refractivity contribution in [1.82, 2.24) is 0 Å². The molecule has 0 atom stereocenters. The Kier molecular flexibility index (Phi) is 4.14. The summed E-state index contributed by atoms with van der Waals surface area (Å²) in [7, 11) is 0. The molecular formula is C11H5F7O4. The van der Waals surface area contributed by atoms with E-state index in [-0.39, 0.29) is 0 Å². The molecule has 1 aromatic carbocycles. The van der Waals surface area contributed by atoms with Gasteiger partial charge in [-0.3, -0.25) is 0 Å². The third-order valence-corrected chi connectivity index (χ3v) is 2.59. The lowest BCUT2D eigenvalue weighted by Crippen LogP contribution is -2.51. The summed E-state index contributed by atoms with van der Waals surface area (Å²) < 4.78 is 89.9. The zero-order valence-electron chi connectivity index (χ0n) is 10.1. The average Bonchev–Trinajstić information content (AvgIpc) is 2.35. The van der Waals surface area contributed by atoms with Gasteiger partial charge in [-0.2, -0.15) is 30.7 Å². The molecule has 4 nitrogen and oxygen atoms in total. The van der Waals surface area contributed by atoms with E-state index in [1.165, 1.54) is 0 Å². The first kappa shape index (κ1) is 17.7. The molecule has 0 aromatic heterocycles. The lowest BCUT2D eigenvalue weighted by atomic mass is 9.91. The number of halogens is 7. The van der Waals surface area contributed by atoms with Crippen LogP contribution in [0.4, 0.5) is 30.7 Å². The Labute approximate surface area is 116 Å². The minimum absolute atomic E-state index is 0.296. The van der Waals surface area contributed by atoms with Crippen molar-refractivity contribution in [3.05, 3.63) is 34.9 Å². The topological polar surface area (TPSA) is 74.6 Å². The largest absolute Gasteiger partial charge is 0.478 e. The van der Waals surface area contributed by atoms with E-state index in [0.717, 1.165) is 0 Å². The maximum absolute atomic E-state index is 13.7. The molecule has 0 radical (unpaired) electrons. The molecule has 0 bridgehead atoms. The van der Waals surface area contributed by atoms with E-state index >= 15 is 0 Å². The Morgan fingerprint density at radius 1 is 0.818 bits per heavy atom. The van der Waals surface area contributed by atoms with E-state index in [9.17, 15) is 40.3 Å². The van der Waals surface area contributed by atoms with E-state index < -0.39 is 46.7 Å². The summed E-state index contributed by atoms with van der Waals surface area (Å²) in [6.07, 6.45) is -6.72. The summed E-state index contributed by atoms with van der Waals surface area (Å²) in [5.74, 6) is -17.3. The molecule has 0 saturated heterocycles. The fourth-order valence-electron chi connectivity index (χ4n) is 1.58. The summed E-state index contributed by atoms with van der Waals surface area (Å²) in [5.41, 5.74) is -5.76. The van der Waals surface area contributed by atoms with Crippen molar-refractivity contribution in [1.29, 1.82) is 0 Å². The van der Waals surface area contributed by atoms with Crippen LogP contribution in [0, 0.1) is 0 Å². The summed E-state index contributed by atoms with van der Waals surface area (Å²) in [4.78, 5) is 21.5. The number of carboxylic acid groups (broad SMARTS) is 2. The molecule has 0 unspecified atom stereocenters. The molecule has 0 spiro atoms. The van der Waals surface area contributed by atoms with Gasteiger partial charge in [-0.15, -0.1) is 0 Å². The van der Waals surface area contributed by atoms with Crippen LogP contribution in [-0.4, -0.2) is 34.3 Å². The van der Waals surface area contributed by atoms with Gasteiger partial charge in [0.1, 0.15) is 0 Å². The highest BCUT2D eigenvalue weighted by Gasteiger charge is 2.74. The van der Waals surface area contributed by atoms with Crippen LogP contribution in [-0.2, 0) is 5.92 Å². The molecule has 22 heavy (non-hydrogen) atoms. The quantitative estimate of drug-likeness (QED) is 0.828. The SMILES string of the molecule is O=C(O)c1cccc(C(=O)O)c1C(F)(F)C(F)(F)C(F)(F)F. The maximum Gasteiger partial charge on any atom is 0.460 e. The number of hydrogen-bond donors (Lipinski definition) is 2. The van der Waals surface area contributed by atoms with Crippen molar-refractivity contribution < 1.29 is 50.5 Å². The van der Waals surface area contributed by atoms with Crippen molar-refractivity contribution in [3.63, 3.8) is 0 Å². The number of carboxylic acids is 2. The first-order chi connectivity index (χ1) is 9.75. The smallest absolute Gasteiger partial charge is 0.460 e. The summed E-state index contributed by atoms with van der Waals surface area (Å²) in [6.45, 7) is 0. The Bertz CT molecular complexity index is 589. The molecule has 1 aromatic rings. The predicted molar refractivity (Wildman–Crippen MR) is 55.3 cm³/mol. The fraction of sp³-hybridized carbons (Fsp3) is 0.273. The minimum Gasteiger partial charge on any atom is -0.478 e. The molecule has 0 amide bonds. The Morgan fingerprint density at radius 3 is 1.45 bits per heavy atom. The first-order valence-electron chi connectivity index (χ1n) is 5.17. The lowest BCUT2D eigenvalue weighted by Gasteiger charge is -2.30. The zero-order chi connectivity index (χ0) is 17.5. The van der Waals surface area contributed by atoms with Gasteiger partial charge in [0.15, 0.2) is 0 Å². The highest BCUT2D eigenvalue weighted by Crippen LogP contribution is 2.53. The van der Waals surface area contributed by atoms with Gasteiger partial charge in [0.25, 0.3) is 0 Å². The summed E-state index contributed by atoms with van der Waals surface area (Å²) in [6, 6.07) is 1.22. The first-order valence-corrected chi connectivity index (χ1v) is 5.17. The molecule has 0 saturated carbocycles. The van der Waals surface area contributed by atoms with Crippen LogP contribution in [0.25, 0.3) is 0 Å². The molecule has 0 fully saturated rings. The second-order valence-corrected chi connectivity index (χ2v) is 3.98. The second-order valence-electron chi connectivity index (χ2n) is 3.98. The van der Waals surface area contributed by atoms with Crippen LogP contribution < -0.4 is 0 Å². The highest BCUT2D eigenvalue weighted by molar-refractivity contribution is 5.97. The molecule has 2 N–H and O–H groups in total.